The highest BCUT2D eigenvalue weighted by molar-refractivity contribution is 6.31. The van der Waals surface area contributed by atoms with E-state index >= 15 is 0 Å². The van der Waals surface area contributed by atoms with Gasteiger partial charge in [-0.25, -0.2) is 0 Å². The molecule has 0 radical (unpaired) electrons. The highest BCUT2D eigenvalue weighted by Crippen LogP contribution is 2.39. The number of carbonyl (C=O) groups excluding carboxylic acids is 2. The molecule has 1 atom stereocenters. The molecule has 166 valence electrons. The molecule has 2 aliphatic rings. The van der Waals surface area contributed by atoms with Gasteiger partial charge in [-0.2, -0.15) is 0 Å². The molecule has 1 saturated heterocycles. The van der Waals surface area contributed by atoms with Gasteiger partial charge in [0.25, 0.3) is 11.8 Å². The summed E-state index contributed by atoms with van der Waals surface area (Å²) < 4.78 is 5.78. The minimum Gasteiger partial charge on any atom is -0.478 e. The number of anilines is 1. The summed E-state index contributed by atoms with van der Waals surface area (Å²) in [6, 6.07) is 13.8. The Labute approximate surface area is 193 Å². The standard InChI is InChI=1S/C23H26ClN3O3.ClH/c1-15-23(29)26(2)20-13-17(24)12-19(21(20)30-15)22(28)25-18-8-10-27(11-9-18)14-16-6-4-3-5-7-16;/h3-7,12-13,15,18H,8-11,14H2,1-2H3,(H,25,28);1H. The number of fused-ring (bicyclic) bond motifs is 1. The maximum atomic E-state index is 13.0. The lowest BCUT2D eigenvalue weighted by Crippen LogP contribution is -2.45. The molecule has 0 aliphatic carbocycles. The van der Waals surface area contributed by atoms with E-state index in [2.05, 4.69) is 34.5 Å². The molecule has 0 aromatic heterocycles. The van der Waals surface area contributed by atoms with Gasteiger partial charge in [-0.15, -0.1) is 12.4 Å². The number of likely N-dealkylation sites (N-methyl/N-ethyl adjacent to an activating group) is 1. The number of likely N-dealkylation sites (tertiary alicyclic amines) is 1. The van der Waals surface area contributed by atoms with Crippen molar-refractivity contribution in [2.45, 2.75) is 38.5 Å². The van der Waals surface area contributed by atoms with E-state index in [1.54, 1.807) is 26.1 Å². The Balaban J connectivity index is 0.00000272. The first-order chi connectivity index (χ1) is 14.4. The molecule has 8 heteroatoms. The quantitative estimate of drug-likeness (QED) is 0.746. The maximum Gasteiger partial charge on any atom is 0.267 e. The Hall–Kier alpha value is -2.28. The second-order valence-corrected chi connectivity index (χ2v) is 8.40. The fourth-order valence-corrected chi connectivity index (χ4v) is 4.29. The molecule has 2 amide bonds. The topological polar surface area (TPSA) is 61.9 Å². The van der Waals surface area contributed by atoms with Gasteiger partial charge in [0.05, 0.1) is 11.3 Å². The molecule has 4 rings (SSSR count). The summed E-state index contributed by atoms with van der Waals surface area (Å²) in [5, 5.41) is 3.53. The smallest absolute Gasteiger partial charge is 0.267 e. The van der Waals surface area contributed by atoms with Crippen molar-refractivity contribution in [3.63, 3.8) is 0 Å². The lowest BCUT2D eigenvalue weighted by atomic mass is 10.0. The molecule has 1 unspecified atom stereocenters. The highest BCUT2D eigenvalue weighted by atomic mass is 35.5. The van der Waals surface area contributed by atoms with E-state index in [9.17, 15) is 9.59 Å². The molecule has 0 bridgehead atoms. The number of nitrogens with one attached hydrogen (secondary N) is 1. The minimum absolute atomic E-state index is 0. The first-order valence-electron chi connectivity index (χ1n) is 10.3. The van der Waals surface area contributed by atoms with Crippen molar-refractivity contribution in [1.29, 1.82) is 0 Å². The number of carbonyl (C=O) groups is 2. The monoisotopic (exact) mass is 463 g/mol. The number of hydrogen-bond donors (Lipinski definition) is 1. The zero-order valence-electron chi connectivity index (χ0n) is 17.6. The number of piperidine rings is 1. The van der Waals surface area contributed by atoms with Crippen LogP contribution in [0.2, 0.25) is 5.02 Å². The summed E-state index contributed by atoms with van der Waals surface area (Å²) in [6.45, 7) is 4.46. The molecule has 2 heterocycles. The van der Waals surface area contributed by atoms with Crippen molar-refractivity contribution in [2.24, 2.45) is 0 Å². The van der Waals surface area contributed by atoms with Crippen LogP contribution in [0.25, 0.3) is 0 Å². The Morgan fingerprint density at radius 1 is 1.19 bits per heavy atom. The van der Waals surface area contributed by atoms with Crippen molar-refractivity contribution in [1.82, 2.24) is 10.2 Å². The van der Waals surface area contributed by atoms with Crippen molar-refractivity contribution in [3.8, 4) is 5.75 Å². The van der Waals surface area contributed by atoms with E-state index in [4.69, 9.17) is 16.3 Å². The van der Waals surface area contributed by atoms with Crippen molar-refractivity contribution in [3.05, 3.63) is 58.6 Å². The van der Waals surface area contributed by atoms with Gasteiger partial charge in [0.15, 0.2) is 11.9 Å². The van der Waals surface area contributed by atoms with Crippen molar-refractivity contribution in [2.75, 3.05) is 25.0 Å². The van der Waals surface area contributed by atoms with Crippen LogP contribution in [-0.4, -0.2) is 49.0 Å². The summed E-state index contributed by atoms with van der Waals surface area (Å²) >= 11 is 6.23. The second-order valence-electron chi connectivity index (χ2n) is 7.97. The fraction of sp³-hybridized carbons (Fsp3) is 0.391. The van der Waals surface area contributed by atoms with Gasteiger partial charge in [0.1, 0.15) is 0 Å². The number of hydrogen-bond acceptors (Lipinski definition) is 4. The molecule has 1 N–H and O–H groups in total. The summed E-state index contributed by atoms with van der Waals surface area (Å²) in [4.78, 5) is 29.2. The molecule has 2 aromatic carbocycles. The molecule has 6 nitrogen and oxygen atoms in total. The van der Waals surface area contributed by atoms with Crippen LogP contribution >= 0.6 is 24.0 Å². The second kappa shape index (κ2) is 9.90. The van der Waals surface area contributed by atoms with Crippen LogP contribution in [0, 0.1) is 0 Å². The van der Waals surface area contributed by atoms with Gasteiger partial charge in [-0.05, 0) is 37.5 Å². The van der Waals surface area contributed by atoms with E-state index in [0.29, 0.717) is 22.0 Å². The van der Waals surface area contributed by atoms with E-state index in [0.717, 1.165) is 32.5 Å². The summed E-state index contributed by atoms with van der Waals surface area (Å²) in [7, 11) is 1.67. The lowest BCUT2D eigenvalue weighted by molar-refractivity contribution is -0.125. The molecule has 31 heavy (non-hydrogen) atoms. The zero-order chi connectivity index (χ0) is 21.3. The number of amides is 2. The Bertz CT molecular complexity index is 947. The largest absolute Gasteiger partial charge is 0.478 e. The first-order valence-corrected chi connectivity index (χ1v) is 10.6. The van der Waals surface area contributed by atoms with Crippen LogP contribution in [0.5, 0.6) is 5.75 Å². The van der Waals surface area contributed by atoms with Crippen LogP contribution in [0.1, 0.15) is 35.7 Å². The predicted octanol–water partition coefficient (Wildman–Crippen LogP) is 3.90. The number of rotatable bonds is 4. The van der Waals surface area contributed by atoms with E-state index in [1.165, 1.54) is 10.5 Å². The van der Waals surface area contributed by atoms with Crippen LogP contribution in [0.4, 0.5) is 5.69 Å². The number of benzene rings is 2. The Morgan fingerprint density at radius 3 is 2.55 bits per heavy atom. The van der Waals surface area contributed by atoms with Gasteiger partial charge >= 0.3 is 0 Å². The van der Waals surface area contributed by atoms with Crippen LogP contribution in [0.15, 0.2) is 42.5 Å². The fourth-order valence-electron chi connectivity index (χ4n) is 4.08. The van der Waals surface area contributed by atoms with Gasteiger partial charge < -0.3 is 15.0 Å². The van der Waals surface area contributed by atoms with Gasteiger partial charge in [-0.3, -0.25) is 14.5 Å². The summed E-state index contributed by atoms with van der Waals surface area (Å²) in [5.74, 6) is 0.0279. The molecular weight excluding hydrogens is 437 g/mol. The van der Waals surface area contributed by atoms with E-state index in [1.807, 2.05) is 6.07 Å². The minimum atomic E-state index is -0.642. The lowest BCUT2D eigenvalue weighted by Gasteiger charge is -2.33. The van der Waals surface area contributed by atoms with Gasteiger partial charge in [0, 0.05) is 37.7 Å². The molecular formula is C23H27Cl2N3O3. The molecule has 1 fully saturated rings. The van der Waals surface area contributed by atoms with E-state index in [-0.39, 0.29) is 30.3 Å². The SMILES string of the molecule is CC1Oc2c(C(=O)NC3CCN(Cc4ccccc4)CC3)cc(Cl)cc2N(C)C1=O.Cl. The van der Waals surface area contributed by atoms with Gasteiger partial charge in [0.2, 0.25) is 0 Å². The predicted molar refractivity (Wildman–Crippen MR) is 124 cm³/mol. The Kier molecular flexibility index (Phi) is 7.46. The van der Waals surface area contributed by atoms with Crippen LogP contribution in [-0.2, 0) is 11.3 Å². The normalized spacial score (nSPS) is 19.3. The third-order valence-electron chi connectivity index (χ3n) is 5.78. The molecule has 0 spiro atoms. The molecule has 0 saturated carbocycles. The number of ether oxygens (including phenoxy) is 1. The molecule has 2 aliphatic heterocycles. The summed E-state index contributed by atoms with van der Waals surface area (Å²) in [6.07, 6.45) is 1.13. The average Bonchev–Trinajstić information content (AvgIpc) is 2.74. The van der Waals surface area contributed by atoms with Crippen LogP contribution < -0.4 is 15.0 Å². The number of halogens is 2. The maximum absolute atomic E-state index is 13.0. The van der Waals surface area contributed by atoms with E-state index < -0.39 is 6.10 Å². The van der Waals surface area contributed by atoms with Crippen molar-refractivity contribution >= 4 is 41.5 Å². The number of nitrogens with zero attached hydrogens (tertiary/aromatic N) is 2. The zero-order valence-corrected chi connectivity index (χ0v) is 19.2. The average molecular weight is 464 g/mol. The van der Waals surface area contributed by atoms with Gasteiger partial charge in [-0.1, -0.05) is 41.9 Å². The molecule has 2 aromatic rings. The summed E-state index contributed by atoms with van der Waals surface area (Å²) in [5.41, 5.74) is 2.19. The first kappa shape index (κ1) is 23.4. The Morgan fingerprint density at radius 2 is 1.87 bits per heavy atom. The third kappa shape index (κ3) is 5.14. The van der Waals surface area contributed by atoms with Crippen LogP contribution in [0.3, 0.4) is 0 Å². The third-order valence-corrected chi connectivity index (χ3v) is 6.00. The van der Waals surface area contributed by atoms with Crippen molar-refractivity contribution < 1.29 is 14.3 Å². The highest BCUT2D eigenvalue weighted by Gasteiger charge is 2.33.